The van der Waals surface area contributed by atoms with E-state index in [9.17, 15) is 4.79 Å². The van der Waals surface area contributed by atoms with Gasteiger partial charge < -0.3 is 20.4 Å². The summed E-state index contributed by atoms with van der Waals surface area (Å²) < 4.78 is 0. The lowest BCUT2D eigenvalue weighted by atomic mass is 10.1. The standard InChI is InChI=1S/C23H27N9O/c1-5-19-7-6-18(14-24-19)17(4)26-23(33)32-10-8-31(9-11-32)22-25-15(2)12-20(28-22)27-21-13-16(3)29-30-21/h1,6-7,12-14,17H,8-11H2,2-4H3,(H,26,33)(H2,25,27,28,29,30)/t17-/m0/s1. The number of aromatic amines is 1. The number of terminal acetylenes is 1. The number of nitrogens with one attached hydrogen (secondary N) is 3. The van der Waals surface area contributed by atoms with Gasteiger partial charge in [0.05, 0.1) is 6.04 Å². The van der Waals surface area contributed by atoms with Gasteiger partial charge in [0.15, 0.2) is 5.82 Å². The van der Waals surface area contributed by atoms with E-state index in [0.717, 1.165) is 17.0 Å². The second kappa shape index (κ2) is 9.56. The first-order valence-electron chi connectivity index (χ1n) is 10.8. The lowest BCUT2D eigenvalue weighted by molar-refractivity contribution is 0.191. The van der Waals surface area contributed by atoms with Crippen LogP contribution < -0.4 is 15.5 Å². The number of urea groups is 1. The number of anilines is 3. The number of carbonyl (C=O) groups excluding carboxylic acids is 1. The van der Waals surface area contributed by atoms with E-state index in [0.29, 0.717) is 49.5 Å². The molecule has 3 aromatic heterocycles. The highest BCUT2D eigenvalue weighted by Gasteiger charge is 2.24. The number of aromatic nitrogens is 5. The quantitative estimate of drug-likeness (QED) is 0.517. The number of hydrogen-bond donors (Lipinski definition) is 3. The Morgan fingerprint density at radius 2 is 1.94 bits per heavy atom. The smallest absolute Gasteiger partial charge is 0.317 e. The van der Waals surface area contributed by atoms with Crippen molar-refractivity contribution in [1.82, 2.24) is 35.4 Å². The highest BCUT2D eigenvalue weighted by Crippen LogP contribution is 2.19. The molecular formula is C23H27N9O. The van der Waals surface area contributed by atoms with Crippen molar-refractivity contribution < 1.29 is 4.79 Å². The monoisotopic (exact) mass is 445 g/mol. The molecule has 0 bridgehead atoms. The predicted octanol–water partition coefficient (Wildman–Crippen LogP) is 2.53. The van der Waals surface area contributed by atoms with E-state index in [1.54, 1.807) is 17.2 Å². The molecule has 0 aromatic carbocycles. The molecule has 10 nitrogen and oxygen atoms in total. The Morgan fingerprint density at radius 3 is 2.58 bits per heavy atom. The molecule has 4 heterocycles. The van der Waals surface area contributed by atoms with E-state index >= 15 is 0 Å². The molecule has 0 unspecified atom stereocenters. The number of nitrogens with zero attached hydrogens (tertiary/aromatic N) is 6. The molecule has 3 N–H and O–H groups in total. The third-order valence-corrected chi connectivity index (χ3v) is 5.43. The van der Waals surface area contributed by atoms with Crippen LogP contribution in [0.3, 0.4) is 0 Å². The van der Waals surface area contributed by atoms with E-state index in [4.69, 9.17) is 6.42 Å². The summed E-state index contributed by atoms with van der Waals surface area (Å²) in [7, 11) is 0. The van der Waals surface area contributed by atoms with Crippen LogP contribution in [0.1, 0.15) is 35.6 Å². The lowest BCUT2D eigenvalue weighted by Crippen LogP contribution is -2.52. The maximum atomic E-state index is 12.8. The Hall–Kier alpha value is -4.13. The zero-order valence-electron chi connectivity index (χ0n) is 19.0. The van der Waals surface area contributed by atoms with E-state index in [1.807, 2.05) is 39.0 Å². The minimum Gasteiger partial charge on any atom is -0.337 e. The number of piperazine rings is 1. The number of aryl methyl sites for hydroxylation is 2. The Bertz CT molecular complexity index is 1160. The van der Waals surface area contributed by atoms with Crippen molar-refractivity contribution in [3.05, 3.63) is 53.1 Å². The van der Waals surface area contributed by atoms with Crippen LogP contribution in [-0.4, -0.2) is 62.3 Å². The Morgan fingerprint density at radius 1 is 1.15 bits per heavy atom. The molecule has 0 aliphatic carbocycles. The summed E-state index contributed by atoms with van der Waals surface area (Å²) in [5.41, 5.74) is 3.30. The van der Waals surface area contributed by atoms with Crippen LogP contribution in [0, 0.1) is 26.2 Å². The summed E-state index contributed by atoms with van der Waals surface area (Å²) in [6.07, 6.45) is 7.05. The van der Waals surface area contributed by atoms with Gasteiger partial charge in [0.25, 0.3) is 0 Å². The van der Waals surface area contributed by atoms with E-state index in [2.05, 4.69) is 46.6 Å². The maximum Gasteiger partial charge on any atom is 0.317 e. The van der Waals surface area contributed by atoms with Gasteiger partial charge >= 0.3 is 6.03 Å². The maximum absolute atomic E-state index is 12.8. The summed E-state index contributed by atoms with van der Waals surface area (Å²) >= 11 is 0. The van der Waals surface area contributed by atoms with Crippen LogP contribution in [0.15, 0.2) is 30.5 Å². The fourth-order valence-electron chi connectivity index (χ4n) is 3.59. The van der Waals surface area contributed by atoms with E-state index in [1.165, 1.54) is 0 Å². The summed E-state index contributed by atoms with van der Waals surface area (Å²) in [4.78, 5) is 30.1. The zero-order valence-corrected chi connectivity index (χ0v) is 19.0. The van der Waals surface area contributed by atoms with Crippen LogP contribution in [0.25, 0.3) is 0 Å². The highest BCUT2D eigenvalue weighted by atomic mass is 16.2. The molecule has 3 aromatic rings. The Labute approximate surface area is 192 Å². The van der Waals surface area contributed by atoms with Crippen molar-refractivity contribution in [2.24, 2.45) is 0 Å². The van der Waals surface area contributed by atoms with Gasteiger partial charge in [-0.15, -0.1) is 6.42 Å². The fourth-order valence-corrected chi connectivity index (χ4v) is 3.59. The molecule has 1 aliphatic rings. The number of hydrogen-bond acceptors (Lipinski definition) is 7. The van der Waals surface area contributed by atoms with Gasteiger partial charge in [-0.3, -0.25) is 5.10 Å². The molecule has 1 aliphatic heterocycles. The number of H-pyrrole nitrogens is 1. The van der Waals surface area contributed by atoms with Crippen molar-refractivity contribution >= 4 is 23.6 Å². The van der Waals surface area contributed by atoms with Crippen LogP contribution in [0.4, 0.5) is 22.4 Å². The highest BCUT2D eigenvalue weighted by molar-refractivity contribution is 5.75. The minimum atomic E-state index is -0.172. The van der Waals surface area contributed by atoms with Crippen LogP contribution >= 0.6 is 0 Å². The molecule has 4 rings (SSSR count). The van der Waals surface area contributed by atoms with Gasteiger partial charge in [0.1, 0.15) is 11.5 Å². The summed E-state index contributed by atoms with van der Waals surface area (Å²) in [5, 5.41) is 13.3. The first-order valence-corrected chi connectivity index (χ1v) is 10.8. The summed E-state index contributed by atoms with van der Waals surface area (Å²) in [5.74, 6) is 4.52. The molecule has 1 saturated heterocycles. The third kappa shape index (κ3) is 5.38. The van der Waals surface area contributed by atoms with E-state index < -0.39 is 0 Å². The Balaban J connectivity index is 1.34. The molecule has 10 heteroatoms. The molecule has 2 amide bonds. The summed E-state index contributed by atoms with van der Waals surface area (Å²) in [6.45, 7) is 8.24. The molecule has 1 atom stereocenters. The second-order valence-corrected chi connectivity index (χ2v) is 8.02. The molecular weight excluding hydrogens is 418 g/mol. The van der Waals surface area contributed by atoms with Gasteiger partial charge in [-0.2, -0.15) is 10.1 Å². The van der Waals surface area contributed by atoms with Crippen LogP contribution in [-0.2, 0) is 0 Å². The summed E-state index contributed by atoms with van der Waals surface area (Å²) in [6, 6.07) is 7.17. The van der Waals surface area contributed by atoms with Crippen molar-refractivity contribution in [3.63, 3.8) is 0 Å². The average molecular weight is 446 g/mol. The molecule has 0 spiro atoms. The number of carbonyl (C=O) groups is 1. The van der Waals surface area contributed by atoms with Gasteiger partial charge in [-0.1, -0.05) is 12.0 Å². The van der Waals surface area contributed by atoms with Crippen LogP contribution in [0.2, 0.25) is 0 Å². The SMILES string of the molecule is C#Cc1ccc([C@H](C)NC(=O)N2CCN(c3nc(C)cc(Nc4cc(C)[nH]n4)n3)CC2)cn1. The lowest BCUT2D eigenvalue weighted by Gasteiger charge is -2.35. The van der Waals surface area contributed by atoms with Gasteiger partial charge in [0, 0.05) is 55.9 Å². The molecule has 0 radical (unpaired) electrons. The topological polar surface area (TPSA) is 115 Å². The van der Waals surface area contributed by atoms with Crippen LogP contribution in [0.5, 0.6) is 0 Å². The normalized spacial score (nSPS) is 14.5. The van der Waals surface area contributed by atoms with Gasteiger partial charge in [0.2, 0.25) is 5.95 Å². The van der Waals surface area contributed by atoms with E-state index in [-0.39, 0.29) is 12.1 Å². The van der Waals surface area contributed by atoms with Crippen molar-refractivity contribution in [3.8, 4) is 12.3 Å². The average Bonchev–Trinajstić information content (AvgIpc) is 3.23. The zero-order chi connectivity index (χ0) is 23.4. The molecule has 33 heavy (non-hydrogen) atoms. The first-order chi connectivity index (χ1) is 15.9. The molecule has 1 fully saturated rings. The fraction of sp³-hybridized carbons (Fsp3) is 0.348. The van der Waals surface area contributed by atoms with Gasteiger partial charge in [-0.25, -0.2) is 14.8 Å². The first kappa shape index (κ1) is 22.1. The molecule has 170 valence electrons. The second-order valence-electron chi connectivity index (χ2n) is 8.02. The van der Waals surface area contributed by atoms with Crippen molar-refractivity contribution in [2.45, 2.75) is 26.8 Å². The minimum absolute atomic E-state index is 0.107. The number of amides is 2. The number of rotatable bonds is 5. The van der Waals surface area contributed by atoms with Gasteiger partial charge in [-0.05, 0) is 32.4 Å². The Kier molecular flexibility index (Phi) is 6.40. The number of pyridine rings is 1. The third-order valence-electron chi connectivity index (χ3n) is 5.43. The predicted molar refractivity (Wildman–Crippen MR) is 126 cm³/mol. The van der Waals surface area contributed by atoms with Crippen molar-refractivity contribution in [2.75, 3.05) is 36.4 Å². The van der Waals surface area contributed by atoms with Crippen molar-refractivity contribution in [1.29, 1.82) is 0 Å². The molecule has 0 saturated carbocycles. The largest absolute Gasteiger partial charge is 0.337 e.